The fourth-order valence-electron chi connectivity index (χ4n) is 2.01. The summed E-state index contributed by atoms with van der Waals surface area (Å²) >= 11 is 0. The molecule has 0 aliphatic heterocycles. The number of nitrogens with one attached hydrogen (secondary N) is 1. The molecule has 19 heavy (non-hydrogen) atoms. The zero-order valence-corrected chi connectivity index (χ0v) is 11.2. The maximum Gasteiger partial charge on any atom is 0.172 e. The van der Waals surface area contributed by atoms with Crippen LogP contribution in [0.15, 0.2) is 42.5 Å². The van der Waals surface area contributed by atoms with Gasteiger partial charge in [-0.3, -0.25) is 0 Å². The first-order valence-electron chi connectivity index (χ1n) is 6.38. The quantitative estimate of drug-likeness (QED) is 0.885. The predicted octanol–water partition coefficient (Wildman–Crippen LogP) is 3.61. The molecule has 0 atom stereocenters. The smallest absolute Gasteiger partial charge is 0.172 e. The van der Waals surface area contributed by atoms with Gasteiger partial charge in [0.25, 0.3) is 0 Å². The van der Waals surface area contributed by atoms with Crippen LogP contribution in [-0.2, 0) is 6.54 Å². The Balaban J connectivity index is 2.36. The first kappa shape index (κ1) is 13.6. The molecule has 2 aromatic carbocycles. The van der Waals surface area contributed by atoms with Gasteiger partial charge in [-0.2, -0.15) is 0 Å². The molecule has 0 fully saturated rings. The fourth-order valence-corrected chi connectivity index (χ4v) is 2.01. The fraction of sp³-hybridized carbons (Fsp3) is 0.250. The standard InChI is InChI=1S/C16H18FNO/c1-3-18-11-12-6-4-7-13(10-12)14-8-5-9-15(19-2)16(14)17/h4-10,18H,3,11H2,1-2H3. The second-order valence-corrected chi connectivity index (χ2v) is 4.30. The van der Waals surface area contributed by atoms with Crippen LogP contribution in [0.5, 0.6) is 5.75 Å². The van der Waals surface area contributed by atoms with Crippen LogP contribution in [0.4, 0.5) is 4.39 Å². The Morgan fingerprint density at radius 3 is 2.68 bits per heavy atom. The molecule has 2 aromatic rings. The predicted molar refractivity (Wildman–Crippen MR) is 75.8 cm³/mol. The van der Waals surface area contributed by atoms with Gasteiger partial charge in [0.2, 0.25) is 0 Å². The third-order valence-corrected chi connectivity index (χ3v) is 3.00. The number of rotatable bonds is 5. The monoisotopic (exact) mass is 259 g/mol. The molecule has 2 rings (SSSR count). The second-order valence-electron chi connectivity index (χ2n) is 4.30. The van der Waals surface area contributed by atoms with Crippen LogP contribution in [0, 0.1) is 5.82 Å². The molecule has 0 radical (unpaired) electrons. The molecule has 0 unspecified atom stereocenters. The van der Waals surface area contributed by atoms with E-state index in [9.17, 15) is 4.39 Å². The SMILES string of the molecule is CCNCc1cccc(-c2cccc(OC)c2F)c1. The van der Waals surface area contributed by atoms with E-state index in [1.54, 1.807) is 18.2 Å². The summed E-state index contributed by atoms with van der Waals surface area (Å²) in [5.41, 5.74) is 2.58. The number of halogens is 1. The van der Waals surface area contributed by atoms with Gasteiger partial charge in [-0.1, -0.05) is 37.3 Å². The van der Waals surface area contributed by atoms with E-state index in [0.717, 1.165) is 24.2 Å². The van der Waals surface area contributed by atoms with Gasteiger partial charge in [0, 0.05) is 12.1 Å². The van der Waals surface area contributed by atoms with Crippen LogP contribution in [0.25, 0.3) is 11.1 Å². The second kappa shape index (κ2) is 6.34. The molecule has 0 aromatic heterocycles. The number of benzene rings is 2. The van der Waals surface area contributed by atoms with Crippen molar-refractivity contribution in [3.8, 4) is 16.9 Å². The molecule has 0 bridgehead atoms. The van der Waals surface area contributed by atoms with Crippen molar-refractivity contribution in [2.24, 2.45) is 0 Å². The summed E-state index contributed by atoms with van der Waals surface area (Å²) in [5, 5.41) is 3.26. The van der Waals surface area contributed by atoms with Crippen LogP contribution in [-0.4, -0.2) is 13.7 Å². The Bertz CT molecular complexity index is 554. The summed E-state index contributed by atoms with van der Waals surface area (Å²) in [6.45, 7) is 3.76. The van der Waals surface area contributed by atoms with Crippen molar-refractivity contribution >= 4 is 0 Å². The molecule has 0 saturated heterocycles. The molecule has 2 nitrogen and oxygen atoms in total. The molecule has 3 heteroatoms. The largest absolute Gasteiger partial charge is 0.494 e. The summed E-state index contributed by atoms with van der Waals surface area (Å²) in [7, 11) is 1.48. The lowest BCUT2D eigenvalue weighted by atomic mass is 10.0. The average molecular weight is 259 g/mol. The number of hydrogen-bond acceptors (Lipinski definition) is 2. The first-order valence-corrected chi connectivity index (χ1v) is 6.38. The summed E-state index contributed by atoms with van der Waals surface area (Å²) < 4.78 is 19.2. The molecule has 0 heterocycles. The molecule has 0 saturated carbocycles. The van der Waals surface area contributed by atoms with Crippen LogP contribution in [0.2, 0.25) is 0 Å². The Morgan fingerprint density at radius 2 is 1.95 bits per heavy atom. The van der Waals surface area contributed by atoms with E-state index in [4.69, 9.17) is 4.74 Å². The van der Waals surface area contributed by atoms with Gasteiger partial charge in [0.1, 0.15) is 0 Å². The van der Waals surface area contributed by atoms with Gasteiger partial charge in [0.05, 0.1) is 7.11 Å². The maximum absolute atomic E-state index is 14.2. The Morgan fingerprint density at radius 1 is 1.16 bits per heavy atom. The van der Waals surface area contributed by atoms with E-state index in [-0.39, 0.29) is 11.6 Å². The van der Waals surface area contributed by atoms with Crippen molar-refractivity contribution in [3.63, 3.8) is 0 Å². The van der Waals surface area contributed by atoms with Crippen molar-refractivity contribution in [2.45, 2.75) is 13.5 Å². The highest BCUT2D eigenvalue weighted by atomic mass is 19.1. The van der Waals surface area contributed by atoms with Gasteiger partial charge in [-0.25, -0.2) is 4.39 Å². The third kappa shape index (κ3) is 3.12. The van der Waals surface area contributed by atoms with E-state index >= 15 is 0 Å². The van der Waals surface area contributed by atoms with Gasteiger partial charge >= 0.3 is 0 Å². The van der Waals surface area contributed by atoms with Crippen molar-refractivity contribution in [3.05, 3.63) is 53.8 Å². The minimum absolute atomic E-state index is 0.273. The molecular weight excluding hydrogens is 241 g/mol. The molecule has 100 valence electrons. The molecule has 0 aliphatic rings. The number of methoxy groups -OCH3 is 1. The van der Waals surface area contributed by atoms with E-state index < -0.39 is 0 Å². The van der Waals surface area contributed by atoms with E-state index in [2.05, 4.69) is 12.2 Å². The van der Waals surface area contributed by atoms with Gasteiger partial charge in [0.15, 0.2) is 11.6 Å². The van der Waals surface area contributed by atoms with Crippen LogP contribution >= 0.6 is 0 Å². The Labute approximate surface area is 113 Å². The number of hydrogen-bond donors (Lipinski definition) is 1. The van der Waals surface area contributed by atoms with Crippen LogP contribution in [0.3, 0.4) is 0 Å². The Kier molecular flexibility index (Phi) is 4.53. The van der Waals surface area contributed by atoms with Crippen LogP contribution in [0.1, 0.15) is 12.5 Å². The summed E-state index contributed by atoms with van der Waals surface area (Å²) in [6.07, 6.45) is 0. The lowest BCUT2D eigenvalue weighted by Crippen LogP contribution is -2.11. The molecule has 0 aliphatic carbocycles. The minimum Gasteiger partial charge on any atom is -0.494 e. The van der Waals surface area contributed by atoms with Crippen molar-refractivity contribution in [1.82, 2.24) is 5.32 Å². The summed E-state index contributed by atoms with van der Waals surface area (Å²) in [6, 6.07) is 13.1. The summed E-state index contributed by atoms with van der Waals surface area (Å²) in [5.74, 6) is -0.0415. The topological polar surface area (TPSA) is 21.3 Å². The Hall–Kier alpha value is -1.87. The highest BCUT2D eigenvalue weighted by Crippen LogP contribution is 2.29. The van der Waals surface area contributed by atoms with E-state index in [1.165, 1.54) is 7.11 Å². The summed E-state index contributed by atoms with van der Waals surface area (Å²) in [4.78, 5) is 0. The van der Waals surface area contributed by atoms with E-state index in [0.29, 0.717) is 5.56 Å². The maximum atomic E-state index is 14.2. The van der Waals surface area contributed by atoms with Crippen molar-refractivity contribution in [1.29, 1.82) is 0 Å². The third-order valence-electron chi connectivity index (χ3n) is 3.00. The van der Waals surface area contributed by atoms with Crippen molar-refractivity contribution in [2.75, 3.05) is 13.7 Å². The lowest BCUT2D eigenvalue weighted by Gasteiger charge is -2.09. The first-order chi connectivity index (χ1) is 9.26. The van der Waals surface area contributed by atoms with Gasteiger partial charge in [-0.05, 0) is 29.8 Å². The van der Waals surface area contributed by atoms with Gasteiger partial charge in [-0.15, -0.1) is 0 Å². The number of ether oxygens (including phenoxy) is 1. The average Bonchev–Trinajstić information content (AvgIpc) is 2.45. The van der Waals surface area contributed by atoms with E-state index in [1.807, 2.05) is 24.3 Å². The lowest BCUT2D eigenvalue weighted by molar-refractivity contribution is 0.387. The zero-order chi connectivity index (χ0) is 13.7. The van der Waals surface area contributed by atoms with Crippen molar-refractivity contribution < 1.29 is 9.13 Å². The molecule has 1 N–H and O–H groups in total. The molecule has 0 spiro atoms. The highest BCUT2D eigenvalue weighted by Gasteiger charge is 2.10. The van der Waals surface area contributed by atoms with Gasteiger partial charge < -0.3 is 10.1 Å². The normalized spacial score (nSPS) is 10.5. The molecular formula is C16H18FNO. The van der Waals surface area contributed by atoms with Crippen LogP contribution < -0.4 is 10.1 Å². The highest BCUT2D eigenvalue weighted by molar-refractivity contribution is 5.66. The minimum atomic E-state index is -0.314. The zero-order valence-electron chi connectivity index (χ0n) is 11.2. The molecule has 0 amide bonds.